The number of hydrogen-bond acceptors (Lipinski definition) is 3. The van der Waals surface area contributed by atoms with Gasteiger partial charge in [0, 0.05) is 24.0 Å². The number of nitrogens with zero attached hydrogens (tertiary/aromatic N) is 1. The Hall–Kier alpha value is -1.33. The summed E-state index contributed by atoms with van der Waals surface area (Å²) in [6.07, 6.45) is 0. The second-order valence-electron chi connectivity index (χ2n) is 4.72. The van der Waals surface area contributed by atoms with E-state index in [0.717, 1.165) is 21.2 Å². The Balaban J connectivity index is 2.09. The second-order valence-corrected chi connectivity index (χ2v) is 5.64. The highest BCUT2D eigenvalue weighted by molar-refractivity contribution is 9.10. The lowest BCUT2D eigenvalue weighted by molar-refractivity contribution is -0.127. The van der Waals surface area contributed by atoms with Crippen LogP contribution in [0.15, 0.2) is 33.2 Å². The van der Waals surface area contributed by atoms with Gasteiger partial charge in [0.1, 0.15) is 11.3 Å². The number of rotatable bonds is 4. The normalized spacial score (nSPS) is 12.6. The first kappa shape index (κ1) is 14.1. The summed E-state index contributed by atoms with van der Waals surface area (Å²) >= 11 is 3.44. The number of halogens is 1. The van der Waals surface area contributed by atoms with E-state index < -0.39 is 0 Å². The van der Waals surface area contributed by atoms with Gasteiger partial charge in [0.2, 0.25) is 5.91 Å². The minimum absolute atomic E-state index is 0.00456. The number of carbonyl (C=O) groups is 1. The Morgan fingerprint density at radius 2 is 2.16 bits per heavy atom. The lowest BCUT2D eigenvalue weighted by atomic mass is 10.2. The number of nitrogens with one attached hydrogen (secondary N) is 1. The Labute approximate surface area is 120 Å². The molecule has 0 fully saturated rings. The zero-order valence-corrected chi connectivity index (χ0v) is 12.8. The van der Waals surface area contributed by atoms with Gasteiger partial charge in [-0.25, -0.2) is 0 Å². The summed E-state index contributed by atoms with van der Waals surface area (Å²) in [6, 6.07) is 7.89. The van der Waals surface area contributed by atoms with Gasteiger partial charge < -0.3 is 9.32 Å². The summed E-state index contributed by atoms with van der Waals surface area (Å²) in [7, 11) is 3.49. The standard InChI is InChI=1S/C14H17BrN2O2/c1-9(16-8-14(18)17(2)3)13-7-10-6-11(15)4-5-12(10)19-13/h4-7,9,16H,8H2,1-3H3. The number of benzene rings is 1. The van der Waals surface area contributed by atoms with Gasteiger partial charge in [-0.3, -0.25) is 10.1 Å². The lowest BCUT2D eigenvalue weighted by Crippen LogP contribution is -2.34. The van der Waals surface area contributed by atoms with E-state index >= 15 is 0 Å². The molecule has 1 aromatic carbocycles. The van der Waals surface area contributed by atoms with Crippen molar-refractivity contribution in [2.75, 3.05) is 20.6 Å². The van der Waals surface area contributed by atoms with E-state index in [1.54, 1.807) is 19.0 Å². The summed E-state index contributed by atoms with van der Waals surface area (Å²) in [6.45, 7) is 2.28. The molecule has 0 radical (unpaired) electrons. The first-order chi connectivity index (χ1) is 8.97. The SMILES string of the molecule is CC(NCC(=O)N(C)C)c1cc2cc(Br)ccc2o1. The molecule has 0 bridgehead atoms. The molecule has 2 rings (SSSR count). The first-order valence-electron chi connectivity index (χ1n) is 6.10. The third-order valence-electron chi connectivity index (χ3n) is 2.98. The Kier molecular flexibility index (Phi) is 4.27. The second kappa shape index (κ2) is 5.75. The molecular weight excluding hydrogens is 308 g/mol. The summed E-state index contributed by atoms with van der Waals surface area (Å²) < 4.78 is 6.79. The van der Waals surface area contributed by atoms with Crippen molar-refractivity contribution in [2.24, 2.45) is 0 Å². The largest absolute Gasteiger partial charge is 0.459 e. The zero-order valence-electron chi connectivity index (χ0n) is 11.2. The van der Waals surface area contributed by atoms with E-state index in [4.69, 9.17) is 4.42 Å². The van der Waals surface area contributed by atoms with E-state index in [9.17, 15) is 4.79 Å². The van der Waals surface area contributed by atoms with Crippen molar-refractivity contribution in [3.63, 3.8) is 0 Å². The highest BCUT2D eigenvalue weighted by Gasteiger charge is 2.13. The van der Waals surface area contributed by atoms with Gasteiger partial charge >= 0.3 is 0 Å². The third kappa shape index (κ3) is 3.36. The van der Waals surface area contributed by atoms with Crippen LogP contribution in [-0.4, -0.2) is 31.4 Å². The van der Waals surface area contributed by atoms with Gasteiger partial charge in [-0.15, -0.1) is 0 Å². The molecule has 102 valence electrons. The minimum Gasteiger partial charge on any atom is -0.459 e. The first-order valence-corrected chi connectivity index (χ1v) is 6.89. The molecule has 1 heterocycles. The minimum atomic E-state index is -0.00456. The van der Waals surface area contributed by atoms with Gasteiger partial charge in [0.25, 0.3) is 0 Å². The number of amides is 1. The topological polar surface area (TPSA) is 45.5 Å². The summed E-state index contributed by atoms with van der Waals surface area (Å²) in [5.74, 6) is 0.880. The van der Waals surface area contributed by atoms with Crippen molar-refractivity contribution in [1.29, 1.82) is 0 Å². The zero-order chi connectivity index (χ0) is 14.0. The van der Waals surface area contributed by atoms with Gasteiger partial charge in [0.15, 0.2) is 0 Å². The lowest BCUT2D eigenvalue weighted by Gasteiger charge is -2.14. The van der Waals surface area contributed by atoms with E-state index in [0.29, 0.717) is 6.54 Å². The van der Waals surface area contributed by atoms with Crippen molar-refractivity contribution in [3.05, 3.63) is 34.5 Å². The summed E-state index contributed by atoms with van der Waals surface area (Å²) in [5, 5.41) is 4.21. The molecule has 1 aromatic heterocycles. The van der Waals surface area contributed by atoms with Crippen molar-refractivity contribution >= 4 is 32.8 Å². The van der Waals surface area contributed by atoms with E-state index in [-0.39, 0.29) is 11.9 Å². The van der Waals surface area contributed by atoms with Crippen LogP contribution in [0.1, 0.15) is 18.7 Å². The maximum Gasteiger partial charge on any atom is 0.236 e. The highest BCUT2D eigenvalue weighted by Crippen LogP contribution is 2.26. The van der Waals surface area contributed by atoms with Crippen LogP contribution in [-0.2, 0) is 4.79 Å². The van der Waals surface area contributed by atoms with Gasteiger partial charge in [-0.1, -0.05) is 15.9 Å². The quantitative estimate of drug-likeness (QED) is 0.940. The molecular formula is C14H17BrN2O2. The average Bonchev–Trinajstić information content (AvgIpc) is 2.78. The fourth-order valence-electron chi connectivity index (χ4n) is 1.75. The number of fused-ring (bicyclic) bond motifs is 1. The van der Waals surface area contributed by atoms with Crippen molar-refractivity contribution < 1.29 is 9.21 Å². The van der Waals surface area contributed by atoms with Crippen molar-refractivity contribution in [3.8, 4) is 0 Å². The summed E-state index contributed by atoms with van der Waals surface area (Å²) in [5.41, 5.74) is 0.853. The predicted octanol–water partition coefficient (Wildman–Crippen LogP) is 2.93. The van der Waals surface area contributed by atoms with Crippen LogP contribution in [0, 0.1) is 0 Å². The van der Waals surface area contributed by atoms with Crippen LogP contribution in [0.25, 0.3) is 11.0 Å². The number of hydrogen-bond donors (Lipinski definition) is 1. The molecule has 0 aliphatic rings. The van der Waals surface area contributed by atoms with Crippen molar-refractivity contribution in [2.45, 2.75) is 13.0 Å². The predicted molar refractivity (Wildman–Crippen MR) is 79.0 cm³/mol. The molecule has 0 spiro atoms. The molecule has 1 unspecified atom stereocenters. The van der Waals surface area contributed by atoms with E-state index in [1.807, 2.05) is 31.2 Å². The summed E-state index contributed by atoms with van der Waals surface area (Å²) in [4.78, 5) is 13.1. The van der Waals surface area contributed by atoms with E-state index in [1.165, 1.54) is 0 Å². The van der Waals surface area contributed by atoms with Crippen LogP contribution in [0.2, 0.25) is 0 Å². The third-order valence-corrected chi connectivity index (χ3v) is 3.48. The fourth-order valence-corrected chi connectivity index (χ4v) is 2.13. The number of likely N-dealkylation sites (N-methyl/N-ethyl adjacent to an activating group) is 1. The molecule has 0 aliphatic heterocycles. The molecule has 4 nitrogen and oxygen atoms in total. The van der Waals surface area contributed by atoms with Crippen LogP contribution in [0.4, 0.5) is 0 Å². The average molecular weight is 325 g/mol. The van der Waals surface area contributed by atoms with E-state index in [2.05, 4.69) is 21.2 Å². The van der Waals surface area contributed by atoms with Crippen LogP contribution >= 0.6 is 15.9 Å². The van der Waals surface area contributed by atoms with Crippen LogP contribution in [0.3, 0.4) is 0 Å². The maximum absolute atomic E-state index is 11.5. The van der Waals surface area contributed by atoms with Crippen LogP contribution < -0.4 is 5.32 Å². The molecule has 1 atom stereocenters. The molecule has 5 heteroatoms. The molecule has 19 heavy (non-hydrogen) atoms. The Bertz CT molecular complexity index is 592. The molecule has 0 aliphatic carbocycles. The Morgan fingerprint density at radius 1 is 1.42 bits per heavy atom. The highest BCUT2D eigenvalue weighted by atomic mass is 79.9. The van der Waals surface area contributed by atoms with Gasteiger partial charge in [-0.2, -0.15) is 0 Å². The molecule has 1 N–H and O–H groups in total. The molecule has 1 amide bonds. The maximum atomic E-state index is 11.5. The number of furan rings is 1. The molecule has 0 saturated carbocycles. The molecule has 2 aromatic rings. The molecule has 0 saturated heterocycles. The fraction of sp³-hybridized carbons (Fsp3) is 0.357. The monoisotopic (exact) mass is 324 g/mol. The smallest absolute Gasteiger partial charge is 0.236 e. The van der Waals surface area contributed by atoms with Crippen LogP contribution in [0.5, 0.6) is 0 Å². The Morgan fingerprint density at radius 3 is 2.84 bits per heavy atom. The van der Waals surface area contributed by atoms with Gasteiger partial charge in [0.05, 0.1) is 12.6 Å². The number of carbonyl (C=O) groups excluding carboxylic acids is 1. The van der Waals surface area contributed by atoms with Gasteiger partial charge in [-0.05, 0) is 31.2 Å². The van der Waals surface area contributed by atoms with Crippen molar-refractivity contribution in [1.82, 2.24) is 10.2 Å².